The van der Waals surface area contributed by atoms with Crippen molar-refractivity contribution in [2.24, 2.45) is 11.8 Å². The van der Waals surface area contributed by atoms with E-state index >= 15 is 0 Å². The first kappa shape index (κ1) is 22.3. The van der Waals surface area contributed by atoms with E-state index in [1.807, 2.05) is 4.90 Å². The van der Waals surface area contributed by atoms with E-state index in [2.05, 4.69) is 47.9 Å². The second kappa shape index (κ2) is 10.2. The highest BCUT2D eigenvalue weighted by atomic mass is 16.2. The van der Waals surface area contributed by atoms with Gasteiger partial charge in [0.2, 0.25) is 11.8 Å². The standard InChI is InChI=1S/C26H39N3O2/c1-3-20(4-2)25(30)28-17-15-27(16-18-28)24(22-10-6-7-11-22)26(31)29-14-13-21-9-5-8-12-23(21)19-29/h5,8-9,12,20,22,24H,3-4,6-7,10-11,13-19H2,1-2H3. The van der Waals surface area contributed by atoms with Crippen molar-refractivity contribution < 1.29 is 9.59 Å². The number of benzene rings is 1. The molecule has 1 atom stereocenters. The number of amides is 2. The second-order valence-electron chi connectivity index (χ2n) is 9.64. The summed E-state index contributed by atoms with van der Waals surface area (Å²) in [7, 11) is 0. The molecule has 3 aliphatic rings. The van der Waals surface area contributed by atoms with E-state index in [1.54, 1.807) is 0 Å². The van der Waals surface area contributed by atoms with Gasteiger partial charge in [-0.1, -0.05) is 51.0 Å². The third-order valence-electron chi connectivity index (χ3n) is 7.90. The maximum absolute atomic E-state index is 13.8. The molecular weight excluding hydrogens is 386 g/mol. The van der Waals surface area contributed by atoms with Crippen molar-refractivity contribution in [3.63, 3.8) is 0 Å². The minimum absolute atomic E-state index is 0.0156. The Balaban J connectivity index is 1.44. The lowest BCUT2D eigenvalue weighted by Gasteiger charge is -2.43. The van der Waals surface area contributed by atoms with Crippen molar-refractivity contribution in [1.82, 2.24) is 14.7 Å². The van der Waals surface area contributed by atoms with Gasteiger partial charge in [-0.25, -0.2) is 0 Å². The van der Waals surface area contributed by atoms with Crippen LogP contribution in [0.3, 0.4) is 0 Å². The molecule has 0 radical (unpaired) electrons. The van der Waals surface area contributed by atoms with Gasteiger partial charge in [-0.15, -0.1) is 0 Å². The predicted octanol–water partition coefficient (Wildman–Crippen LogP) is 3.71. The van der Waals surface area contributed by atoms with E-state index in [-0.39, 0.29) is 12.0 Å². The monoisotopic (exact) mass is 425 g/mol. The molecule has 5 nitrogen and oxygen atoms in total. The number of piperazine rings is 1. The molecular formula is C26H39N3O2. The number of carbonyl (C=O) groups is 2. The van der Waals surface area contributed by atoms with E-state index in [9.17, 15) is 9.59 Å². The normalized spacial score (nSPS) is 21.4. The van der Waals surface area contributed by atoms with E-state index < -0.39 is 0 Å². The predicted molar refractivity (Wildman–Crippen MR) is 124 cm³/mol. The Labute approximate surface area is 187 Å². The van der Waals surface area contributed by atoms with E-state index in [0.717, 1.165) is 71.4 Å². The summed E-state index contributed by atoms with van der Waals surface area (Å²) in [5.41, 5.74) is 2.69. The molecule has 2 heterocycles. The van der Waals surface area contributed by atoms with Crippen LogP contribution in [0.2, 0.25) is 0 Å². The second-order valence-corrected chi connectivity index (χ2v) is 9.64. The topological polar surface area (TPSA) is 43.9 Å². The van der Waals surface area contributed by atoms with Gasteiger partial charge in [-0.3, -0.25) is 14.5 Å². The van der Waals surface area contributed by atoms with Crippen LogP contribution in [0.4, 0.5) is 0 Å². The Bertz CT molecular complexity index is 762. The maximum Gasteiger partial charge on any atom is 0.240 e. The van der Waals surface area contributed by atoms with Gasteiger partial charge in [0.1, 0.15) is 0 Å². The van der Waals surface area contributed by atoms with Gasteiger partial charge < -0.3 is 9.80 Å². The van der Waals surface area contributed by atoms with Crippen molar-refractivity contribution in [2.75, 3.05) is 32.7 Å². The fourth-order valence-corrected chi connectivity index (χ4v) is 5.92. The molecule has 1 aliphatic carbocycles. The highest BCUT2D eigenvalue weighted by Gasteiger charge is 2.40. The molecule has 0 spiro atoms. The molecule has 170 valence electrons. The summed E-state index contributed by atoms with van der Waals surface area (Å²) in [6.07, 6.45) is 7.58. The summed E-state index contributed by atoms with van der Waals surface area (Å²) >= 11 is 0. The van der Waals surface area contributed by atoms with Crippen LogP contribution in [0.5, 0.6) is 0 Å². The lowest BCUT2D eigenvalue weighted by atomic mass is 9.92. The summed E-state index contributed by atoms with van der Waals surface area (Å²) in [4.78, 5) is 33.2. The number of rotatable bonds is 6. The van der Waals surface area contributed by atoms with Crippen LogP contribution >= 0.6 is 0 Å². The number of nitrogens with zero attached hydrogens (tertiary/aromatic N) is 3. The zero-order chi connectivity index (χ0) is 21.8. The van der Waals surface area contributed by atoms with Gasteiger partial charge in [0.25, 0.3) is 0 Å². The highest BCUT2D eigenvalue weighted by Crippen LogP contribution is 2.33. The average molecular weight is 426 g/mol. The molecule has 0 aromatic heterocycles. The first-order chi connectivity index (χ1) is 15.1. The quantitative estimate of drug-likeness (QED) is 0.698. The molecule has 2 fully saturated rings. The zero-order valence-electron chi connectivity index (χ0n) is 19.4. The molecule has 0 N–H and O–H groups in total. The van der Waals surface area contributed by atoms with Crippen LogP contribution in [-0.2, 0) is 22.6 Å². The molecule has 1 saturated carbocycles. The van der Waals surface area contributed by atoms with Gasteiger partial charge in [-0.05, 0) is 49.1 Å². The van der Waals surface area contributed by atoms with Gasteiger partial charge in [0, 0.05) is 45.2 Å². The van der Waals surface area contributed by atoms with Crippen LogP contribution < -0.4 is 0 Å². The third kappa shape index (κ3) is 4.82. The van der Waals surface area contributed by atoms with Crippen LogP contribution in [0, 0.1) is 11.8 Å². The molecule has 1 aromatic carbocycles. The summed E-state index contributed by atoms with van der Waals surface area (Å²) in [6.45, 7) is 8.94. The first-order valence-corrected chi connectivity index (χ1v) is 12.5. The average Bonchev–Trinajstić information content (AvgIpc) is 3.34. The Morgan fingerprint density at radius 1 is 0.871 bits per heavy atom. The van der Waals surface area contributed by atoms with E-state index in [1.165, 1.54) is 24.0 Å². The first-order valence-electron chi connectivity index (χ1n) is 12.5. The highest BCUT2D eigenvalue weighted by molar-refractivity contribution is 5.83. The molecule has 31 heavy (non-hydrogen) atoms. The van der Waals surface area contributed by atoms with Crippen molar-refractivity contribution in [2.45, 2.75) is 71.4 Å². The number of fused-ring (bicyclic) bond motifs is 1. The molecule has 1 aromatic rings. The number of hydrogen-bond donors (Lipinski definition) is 0. The Morgan fingerprint density at radius 3 is 2.16 bits per heavy atom. The molecule has 5 heteroatoms. The van der Waals surface area contributed by atoms with Crippen LogP contribution in [0.15, 0.2) is 24.3 Å². The minimum atomic E-state index is -0.0156. The molecule has 2 aliphatic heterocycles. The molecule has 2 amide bonds. The Morgan fingerprint density at radius 2 is 1.52 bits per heavy atom. The molecule has 1 saturated heterocycles. The van der Waals surface area contributed by atoms with Crippen molar-refractivity contribution in [3.05, 3.63) is 35.4 Å². The molecule has 1 unspecified atom stereocenters. The van der Waals surface area contributed by atoms with Crippen LogP contribution in [0.1, 0.15) is 63.5 Å². The van der Waals surface area contributed by atoms with Gasteiger partial charge in [0.05, 0.1) is 6.04 Å². The zero-order valence-corrected chi connectivity index (χ0v) is 19.4. The van der Waals surface area contributed by atoms with E-state index in [0.29, 0.717) is 17.7 Å². The van der Waals surface area contributed by atoms with E-state index in [4.69, 9.17) is 0 Å². The largest absolute Gasteiger partial charge is 0.340 e. The summed E-state index contributed by atoms with van der Waals surface area (Å²) in [5.74, 6) is 1.24. The number of carbonyl (C=O) groups excluding carboxylic acids is 2. The van der Waals surface area contributed by atoms with Gasteiger partial charge in [0.15, 0.2) is 0 Å². The SMILES string of the molecule is CCC(CC)C(=O)N1CCN(C(C(=O)N2CCc3ccccc3C2)C2CCCC2)CC1. The lowest BCUT2D eigenvalue weighted by Crippen LogP contribution is -2.59. The van der Waals surface area contributed by atoms with Crippen molar-refractivity contribution >= 4 is 11.8 Å². The lowest BCUT2D eigenvalue weighted by molar-refractivity contribution is -0.143. The minimum Gasteiger partial charge on any atom is -0.340 e. The molecule has 0 bridgehead atoms. The smallest absolute Gasteiger partial charge is 0.240 e. The van der Waals surface area contributed by atoms with Crippen molar-refractivity contribution in [3.8, 4) is 0 Å². The fourth-order valence-electron chi connectivity index (χ4n) is 5.92. The van der Waals surface area contributed by atoms with Crippen LogP contribution in [0.25, 0.3) is 0 Å². The molecule has 4 rings (SSSR count). The summed E-state index contributed by atoms with van der Waals surface area (Å²) in [6, 6.07) is 8.53. The Kier molecular flexibility index (Phi) is 7.31. The van der Waals surface area contributed by atoms with Crippen molar-refractivity contribution in [1.29, 1.82) is 0 Å². The van der Waals surface area contributed by atoms with Gasteiger partial charge >= 0.3 is 0 Å². The third-order valence-corrected chi connectivity index (χ3v) is 7.90. The fraction of sp³-hybridized carbons (Fsp3) is 0.692. The Hall–Kier alpha value is -1.88. The number of hydrogen-bond acceptors (Lipinski definition) is 3. The summed E-state index contributed by atoms with van der Waals surface area (Å²) in [5, 5.41) is 0. The summed E-state index contributed by atoms with van der Waals surface area (Å²) < 4.78 is 0. The maximum atomic E-state index is 13.8. The van der Waals surface area contributed by atoms with Gasteiger partial charge in [-0.2, -0.15) is 0 Å². The van der Waals surface area contributed by atoms with Crippen LogP contribution in [-0.4, -0.2) is 65.3 Å².